The van der Waals surface area contributed by atoms with Crippen molar-refractivity contribution in [1.82, 2.24) is 4.57 Å². The molecule has 0 atom stereocenters. The third-order valence-electron chi connectivity index (χ3n) is 27.4. The van der Waals surface area contributed by atoms with E-state index in [9.17, 15) is 4.39 Å². The Kier molecular flexibility index (Phi) is 19.2. The molecule has 11 heteroatoms. The third-order valence-corrected chi connectivity index (χ3v) is 27.4. The van der Waals surface area contributed by atoms with E-state index in [1.807, 2.05) is 115 Å². The van der Waals surface area contributed by atoms with Crippen LogP contribution in [-0.2, 0) is 16.2 Å². The first kappa shape index (κ1) is 80.4. The molecule has 644 valence electrons. The molecule has 19 aromatic carbocycles. The Bertz CT molecular complexity index is 8060. The minimum atomic E-state index is -0.245. The number of rotatable bonds is 12. The van der Waals surface area contributed by atoms with Crippen LogP contribution in [-0.4, -0.2) is 4.57 Å². The zero-order valence-electron chi connectivity index (χ0n) is 74.6. The lowest BCUT2D eigenvalue weighted by Gasteiger charge is -2.31. The lowest BCUT2D eigenvalue weighted by molar-refractivity contribution is 0.360. The Balaban J connectivity index is 0.000000111. The number of para-hydroxylation sites is 11. The molecule has 3 aliphatic heterocycles. The first-order chi connectivity index (χ1) is 65.6. The number of hydrogen-bond donors (Lipinski definition) is 0. The quantitative estimate of drug-likeness (QED) is 0.119. The fourth-order valence-electron chi connectivity index (χ4n) is 20.7. The van der Waals surface area contributed by atoms with Crippen LogP contribution < -0.4 is 43.1 Å². The average Bonchev–Trinajstić information content (AvgIpc) is 1.58. The summed E-state index contributed by atoms with van der Waals surface area (Å²) in [6.45, 7) is 13.9. The third kappa shape index (κ3) is 13.6. The summed E-state index contributed by atoms with van der Waals surface area (Å²) in [6.07, 6.45) is 0. The van der Waals surface area contributed by atoms with Crippen molar-refractivity contribution >= 4 is 73.0 Å². The Morgan fingerprint density at radius 3 is 0.896 bits per heavy atom. The van der Waals surface area contributed by atoms with Crippen LogP contribution in [0.25, 0.3) is 83.1 Å². The van der Waals surface area contributed by atoms with Gasteiger partial charge in [0, 0.05) is 66.8 Å². The predicted octanol–water partition coefficient (Wildman–Crippen LogP) is 34.7. The van der Waals surface area contributed by atoms with Crippen LogP contribution in [0, 0.1) is 5.82 Å². The Morgan fingerprint density at radius 1 is 0.209 bits per heavy atom. The molecular weight excluding hydrogens is 1650 g/mol. The summed E-state index contributed by atoms with van der Waals surface area (Å²) in [4.78, 5) is 6.83. The van der Waals surface area contributed by atoms with Crippen LogP contribution in [0.5, 0.6) is 69.0 Å². The molecule has 0 fully saturated rings. The summed E-state index contributed by atoms with van der Waals surface area (Å²) in [5.41, 5.74) is 32.0. The molecule has 0 amide bonds. The molecule has 10 nitrogen and oxygen atoms in total. The molecule has 0 saturated heterocycles. The van der Waals surface area contributed by atoms with Gasteiger partial charge >= 0.3 is 0 Å². The summed E-state index contributed by atoms with van der Waals surface area (Å²) >= 11 is 0. The molecule has 0 N–H and O–H groups in total. The highest BCUT2D eigenvalue weighted by Crippen LogP contribution is 2.61. The van der Waals surface area contributed by atoms with Crippen molar-refractivity contribution in [2.45, 2.75) is 57.8 Å². The van der Waals surface area contributed by atoms with E-state index in [1.165, 1.54) is 106 Å². The van der Waals surface area contributed by atoms with Gasteiger partial charge in [0.25, 0.3) is 0 Å². The highest BCUT2D eigenvalue weighted by molar-refractivity contribution is 6.11. The van der Waals surface area contributed by atoms with E-state index in [1.54, 1.807) is 12.1 Å². The Labute approximate surface area is 778 Å². The van der Waals surface area contributed by atoms with Crippen molar-refractivity contribution in [1.29, 1.82) is 0 Å². The van der Waals surface area contributed by atoms with E-state index in [2.05, 4.69) is 352 Å². The second-order valence-corrected chi connectivity index (χ2v) is 36.3. The standard InChI is InChI=1S/C45H32N2O2.C39H28FNO2.C39H29NO2/c1-45(2)36-17-8-6-15-32(36)33-25-23-31(28-37(33)45)46(40-19-12-22-43-44(40)49-42-21-11-10-20-41(42)48-43)30-24-26-39-35(27-30)34-16-7-9-18-38(34)47(39)29-13-4-3-5-14-29;1-39(2)32-9-4-3-8-30(32)31-23-22-29(24-33(31)39)41(28-20-16-26(17-21-28)25-14-18-27(40)19-15-25)34-10-7-13-37-38(34)43-36-12-6-5-11-35(36)42-37;1-39(2)32-14-7-6-13-30(32)31-24-23-29(25-33(31)39)40(28-21-19-27(20-22-28)26-11-4-3-5-12-26)34-15-10-18-37-38(34)42-36-17-9-8-16-35(36)41-37/h3-28H,1-2H3;3-24H,1-2H3;3-25H,1-2H3. The normalized spacial score (nSPS) is 13.6. The highest BCUT2D eigenvalue weighted by Gasteiger charge is 2.41. The zero-order valence-corrected chi connectivity index (χ0v) is 74.6. The summed E-state index contributed by atoms with van der Waals surface area (Å²) < 4.78 is 54.7. The van der Waals surface area contributed by atoms with E-state index >= 15 is 0 Å². The van der Waals surface area contributed by atoms with Gasteiger partial charge in [-0.05, 0) is 271 Å². The van der Waals surface area contributed by atoms with Gasteiger partial charge in [-0.2, -0.15) is 0 Å². The largest absolute Gasteiger partial charge is 0.449 e. The Morgan fingerprint density at radius 2 is 0.493 bits per heavy atom. The molecule has 0 unspecified atom stereocenters. The maximum absolute atomic E-state index is 13.6. The average molecular weight is 1740 g/mol. The molecule has 20 aromatic rings. The van der Waals surface area contributed by atoms with Gasteiger partial charge in [0.1, 0.15) is 5.82 Å². The lowest BCUT2D eigenvalue weighted by atomic mass is 9.82. The number of ether oxygens (including phenoxy) is 6. The van der Waals surface area contributed by atoms with Crippen LogP contribution in [0.15, 0.2) is 431 Å². The molecular formula is C123H89FN4O6. The fraction of sp³-hybridized carbons (Fsp3) is 0.0732. The smallest absolute Gasteiger partial charge is 0.194 e. The van der Waals surface area contributed by atoms with E-state index in [4.69, 9.17) is 28.4 Å². The van der Waals surface area contributed by atoms with Gasteiger partial charge in [-0.1, -0.05) is 290 Å². The van der Waals surface area contributed by atoms with Crippen LogP contribution in [0.1, 0.15) is 74.9 Å². The summed E-state index contributed by atoms with van der Waals surface area (Å²) in [5, 5.41) is 2.39. The second-order valence-electron chi connectivity index (χ2n) is 36.3. The summed E-state index contributed by atoms with van der Waals surface area (Å²) in [5.74, 6) is 8.08. The predicted molar refractivity (Wildman–Crippen MR) is 541 cm³/mol. The topological polar surface area (TPSA) is 70.0 Å². The van der Waals surface area contributed by atoms with Crippen molar-refractivity contribution in [3.05, 3.63) is 470 Å². The minimum Gasteiger partial charge on any atom is -0.449 e. The van der Waals surface area contributed by atoms with Crippen molar-refractivity contribution in [2.75, 3.05) is 14.7 Å². The Hall–Kier alpha value is -16.9. The van der Waals surface area contributed by atoms with Gasteiger partial charge in [-0.25, -0.2) is 4.39 Å². The van der Waals surface area contributed by atoms with Gasteiger partial charge in [0.15, 0.2) is 69.0 Å². The van der Waals surface area contributed by atoms with Crippen molar-refractivity contribution < 1.29 is 32.8 Å². The number of hydrogen-bond acceptors (Lipinski definition) is 9. The van der Waals surface area contributed by atoms with Gasteiger partial charge in [0.05, 0.1) is 28.1 Å². The number of anilines is 9. The first-order valence-corrected chi connectivity index (χ1v) is 45.6. The first-order valence-electron chi connectivity index (χ1n) is 45.6. The second kappa shape index (κ2) is 32.0. The van der Waals surface area contributed by atoms with Gasteiger partial charge in [-0.3, -0.25) is 0 Å². The van der Waals surface area contributed by atoms with Gasteiger partial charge in [0.2, 0.25) is 0 Å². The molecule has 0 spiro atoms. The van der Waals surface area contributed by atoms with Gasteiger partial charge < -0.3 is 47.7 Å². The number of nitrogens with zero attached hydrogens (tertiary/aromatic N) is 4. The molecule has 0 bridgehead atoms. The van der Waals surface area contributed by atoms with E-state index in [-0.39, 0.29) is 22.1 Å². The number of halogens is 1. The molecule has 6 aliphatic rings. The van der Waals surface area contributed by atoms with Crippen molar-refractivity contribution in [3.8, 4) is 130 Å². The summed E-state index contributed by atoms with van der Waals surface area (Å²) in [6, 6.07) is 149. The number of fused-ring (bicyclic) bond motifs is 18. The van der Waals surface area contributed by atoms with Gasteiger partial charge in [-0.15, -0.1) is 0 Å². The van der Waals surface area contributed by atoms with Crippen LogP contribution in [0.4, 0.5) is 55.6 Å². The maximum Gasteiger partial charge on any atom is 0.194 e. The SMILES string of the molecule is CC1(C)c2ccccc2-c2ccc(N(c3ccc(-c4ccc(F)cc4)cc3)c3cccc4c3Oc3ccccc3O4)cc21.CC1(C)c2ccccc2-c2ccc(N(c3ccc(-c4ccccc4)cc3)c3cccc4c3Oc3ccccc3O4)cc21.CC1(C)c2ccccc2-c2ccc(N(c3ccc4c(c3)c3ccccc3n4-c3ccccc3)c3cccc4c3Oc3ccccc3O4)cc21. The van der Waals surface area contributed by atoms with E-state index in [0.717, 1.165) is 79.3 Å². The number of benzene rings is 19. The fourth-order valence-corrected chi connectivity index (χ4v) is 20.7. The van der Waals surface area contributed by atoms with Crippen LogP contribution in [0.3, 0.4) is 0 Å². The molecule has 3 aliphatic carbocycles. The minimum absolute atomic E-state index is 0.112. The maximum atomic E-state index is 13.6. The molecule has 4 heterocycles. The molecule has 134 heavy (non-hydrogen) atoms. The lowest BCUT2D eigenvalue weighted by Crippen LogP contribution is -2.17. The zero-order chi connectivity index (χ0) is 90.1. The van der Waals surface area contributed by atoms with Crippen molar-refractivity contribution in [2.24, 2.45) is 0 Å². The summed E-state index contributed by atoms with van der Waals surface area (Å²) in [7, 11) is 0. The highest BCUT2D eigenvalue weighted by atomic mass is 19.1. The molecule has 0 radical (unpaired) electrons. The monoisotopic (exact) mass is 1740 g/mol. The van der Waals surface area contributed by atoms with Crippen LogP contribution >= 0.6 is 0 Å². The van der Waals surface area contributed by atoms with E-state index < -0.39 is 0 Å². The van der Waals surface area contributed by atoms with E-state index in [0.29, 0.717) is 63.2 Å². The molecule has 0 saturated carbocycles. The number of aromatic nitrogens is 1. The van der Waals surface area contributed by atoms with Crippen molar-refractivity contribution in [3.63, 3.8) is 0 Å². The van der Waals surface area contributed by atoms with Crippen LogP contribution in [0.2, 0.25) is 0 Å². The molecule has 26 rings (SSSR count). The molecule has 1 aromatic heterocycles.